The molecule has 22 heavy (non-hydrogen) atoms. The van der Waals surface area contributed by atoms with Crippen molar-refractivity contribution in [3.05, 3.63) is 35.9 Å². The second kappa shape index (κ2) is 6.93. The van der Waals surface area contributed by atoms with Gasteiger partial charge in [-0.1, -0.05) is 30.3 Å². The van der Waals surface area contributed by atoms with E-state index in [0.717, 1.165) is 5.56 Å². The van der Waals surface area contributed by atoms with Crippen molar-refractivity contribution in [3.8, 4) is 0 Å². The Hall–Kier alpha value is -2.57. The number of rotatable bonds is 5. The van der Waals surface area contributed by atoms with Gasteiger partial charge in [0.05, 0.1) is 0 Å². The second-order valence-corrected chi connectivity index (χ2v) is 5.19. The number of ether oxygens (including phenoxy) is 1. The summed E-state index contributed by atoms with van der Waals surface area (Å²) in [4.78, 5) is 35.3. The Bertz CT molecular complexity index is 544. The van der Waals surface area contributed by atoms with E-state index in [-0.39, 0.29) is 13.2 Å². The van der Waals surface area contributed by atoms with E-state index in [0.29, 0.717) is 13.0 Å². The highest BCUT2D eigenvalue weighted by molar-refractivity contribution is 5.93. The first kappa shape index (κ1) is 15.8. The molecule has 1 saturated heterocycles. The Morgan fingerprint density at radius 3 is 2.41 bits per heavy atom. The van der Waals surface area contributed by atoms with Crippen molar-refractivity contribution in [2.75, 3.05) is 13.1 Å². The molecule has 118 valence electrons. The fourth-order valence-corrected chi connectivity index (χ4v) is 2.54. The first-order valence-electron chi connectivity index (χ1n) is 6.90. The standard InChI is InChI=1S/C15H17NO6/c17-13(18)12(14(19)20)11-6-7-16(8-11)15(21)22-9-10-4-2-1-3-5-10/h1-5,11-12H,6-9H2,(H,17,18)(H,19,20)/t11-/m0/s1. The Labute approximate surface area is 127 Å². The van der Waals surface area contributed by atoms with Crippen molar-refractivity contribution < 1.29 is 29.3 Å². The van der Waals surface area contributed by atoms with Gasteiger partial charge in [-0.05, 0) is 12.0 Å². The topological polar surface area (TPSA) is 104 Å². The molecule has 0 aromatic heterocycles. The number of carbonyl (C=O) groups is 3. The molecule has 7 heteroatoms. The van der Waals surface area contributed by atoms with Crippen LogP contribution in [-0.4, -0.2) is 46.2 Å². The molecule has 0 aliphatic carbocycles. The molecule has 1 aromatic rings. The molecule has 0 spiro atoms. The summed E-state index contributed by atoms with van der Waals surface area (Å²) in [5.41, 5.74) is 0.848. The number of benzene rings is 1. The second-order valence-electron chi connectivity index (χ2n) is 5.19. The summed E-state index contributed by atoms with van der Waals surface area (Å²) >= 11 is 0. The third-order valence-corrected chi connectivity index (χ3v) is 3.69. The maximum atomic E-state index is 11.9. The van der Waals surface area contributed by atoms with E-state index in [1.165, 1.54) is 4.90 Å². The molecule has 1 aliphatic heterocycles. The molecule has 1 atom stereocenters. The van der Waals surface area contributed by atoms with Crippen molar-refractivity contribution in [1.82, 2.24) is 4.90 Å². The number of carbonyl (C=O) groups excluding carboxylic acids is 1. The average molecular weight is 307 g/mol. The van der Waals surface area contributed by atoms with Crippen LogP contribution in [-0.2, 0) is 20.9 Å². The minimum absolute atomic E-state index is 0.0802. The molecule has 1 fully saturated rings. The van der Waals surface area contributed by atoms with Gasteiger partial charge in [0.1, 0.15) is 6.61 Å². The van der Waals surface area contributed by atoms with Gasteiger partial charge >= 0.3 is 18.0 Å². The number of carboxylic acid groups (broad SMARTS) is 2. The van der Waals surface area contributed by atoms with Crippen molar-refractivity contribution >= 4 is 18.0 Å². The minimum atomic E-state index is -1.49. The minimum Gasteiger partial charge on any atom is -0.481 e. The van der Waals surface area contributed by atoms with E-state index >= 15 is 0 Å². The maximum Gasteiger partial charge on any atom is 0.410 e. The van der Waals surface area contributed by atoms with Crippen molar-refractivity contribution in [1.29, 1.82) is 0 Å². The summed E-state index contributed by atoms with van der Waals surface area (Å²) < 4.78 is 5.15. The normalized spacial score (nSPS) is 17.5. The van der Waals surface area contributed by atoms with Gasteiger partial charge in [-0.2, -0.15) is 0 Å². The van der Waals surface area contributed by atoms with Gasteiger partial charge in [0.15, 0.2) is 5.92 Å². The molecule has 0 saturated carbocycles. The predicted molar refractivity (Wildman–Crippen MR) is 75.1 cm³/mol. The molecule has 2 N–H and O–H groups in total. The van der Waals surface area contributed by atoms with Crippen molar-refractivity contribution in [3.63, 3.8) is 0 Å². The lowest BCUT2D eigenvalue weighted by Crippen LogP contribution is -2.35. The number of amides is 1. The number of hydrogen-bond donors (Lipinski definition) is 2. The summed E-state index contributed by atoms with van der Waals surface area (Å²) in [6.45, 7) is 0.508. The molecular weight excluding hydrogens is 290 g/mol. The number of hydrogen-bond acceptors (Lipinski definition) is 4. The van der Waals surface area contributed by atoms with Gasteiger partial charge in [-0.15, -0.1) is 0 Å². The highest BCUT2D eigenvalue weighted by atomic mass is 16.6. The fraction of sp³-hybridized carbons (Fsp3) is 0.400. The Balaban J connectivity index is 1.88. The lowest BCUT2D eigenvalue weighted by molar-refractivity contribution is -0.157. The number of aliphatic carboxylic acids is 2. The third-order valence-electron chi connectivity index (χ3n) is 3.69. The quantitative estimate of drug-likeness (QED) is 0.797. The van der Waals surface area contributed by atoms with Crippen LogP contribution in [0.2, 0.25) is 0 Å². The van der Waals surface area contributed by atoms with Gasteiger partial charge in [0.25, 0.3) is 0 Å². The van der Waals surface area contributed by atoms with E-state index in [9.17, 15) is 14.4 Å². The Morgan fingerprint density at radius 1 is 1.18 bits per heavy atom. The van der Waals surface area contributed by atoms with Crippen LogP contribution in [0.25, 0.3) is 0 Å². The highest BCUT2D eigenvalue weighted by Gasteiger charge is 2.40. The van der Waals surface area contributed by atoms with Gasteiger partial charge in [0.2, 0.25) is 0 Å². The first-order chi connectivity index (χ1) is 10.5. The molecule has 7 nitrogen and oxygen atoms in total. The van der Waals surface area contributed by atoms with E-state index in [4.69, 9.17) is 14.9 Å². The van der Waals surface area contributed by atoms with Crippen LogP contribution in [0.1, 0.15) is 12.0 Å². The summed E-state index contributed by atoms with van der Waals surface area (Å²) in [5.74, 6) is -4.85. The summed E-state index contributed by atoms with van der Waals surface area (Å²) in [7, 11) is 0. The molecular formula is C15H17NO6. The number of likely N-dealkylation sites (tertiary alicyclic amines) is 1. The summed E-state index contributed by atoms with van der Waals surface area (Å²) in [6, 6.07) is 9.17. The SMILES string of the molecule is O=C(O)C(C(=O)O)[C@H]1CCN(C(=O)OCc2ccccc2)C1. The molecule has 0 radical (unpaired) electrons. The zero-order valence-corrected chi connectivity index (χ0v) is 11.8. The van der Waals surface area contributed by atoms with E-state index in [1.807, 2.05) is 30.3 Å². The fourth-order valence-electron chi connectivity index (χ4n) is 2.54. The number of carboxylic acids is 2. The summed E-state index contributed by atoms with van der Waals surface area (Å²) in [6.07, 6.45) is -0.218. The van der Waals surface area contributed by atoms with Crippen molar-refractivity contribution in [2.24, 2.45) is 11.8 Å². The van der Waals surface area contributed by atoms with E-state index < -0.39 is 29.9 Å². The zero-order valence-electron chi connectivity index (χ0n) is 11.8. The molecule has 0 bridgehead atoms. The van der Waals surface area contributed by atoms with Crippen LogP contribution >= 0.6 is 0 Å². The van der Waals surface area contributed by atoms with Gasteiger partial charge in [-0.25, -0.2) is 4.79 Å². The van der Waals surface area contributed by atoms with E-state index in [2.05, 4.69) is 0 Å². The largest absolute Gasteiger partial charge is 0.481 e. The predicted octanol–water partition coefficient (Wildman–Crippen LogP) is 1.43. The van der Waals surface area contributed by atoms with Crippen LogP contribution in [0.4, 0.5) is 4.79 Å². The summed E-state index contributed by atoms with van der Waals surface area (Å²) in [5, 5.41) is 17.9. The first-order valence-corrected chi connectivity index (χ1v) is 6.90. The molecule has 1 heterocycles. The average Bonchev–Trinajstić information content (AvgIpc) is 2.94. The van der Waals surface area contributed by atoms with Crippen LogP contribution < -0.4 is 0 Å². The molecule has 1 aromatic carbocycles. The van der Waals surface area contributed by atoms with Gasteiger partial charge in [0, 0.05) is 19.0 Å². The van der Waals surface area contributed by atoms with Crippen LogP contribution in [0.3, 0.4) is 0 Å². The Kier molecular flexibility index (Phi) is 4.98. The van der Waals surface area contributed by atoms with Crippen LogP contribution in [0, 0.1) is 11.8 Å². The molecule has 1 amide bonds. The number of nitrogens with zero attached hydrogens (tertiary/aromatic N) is 1. The van der Waals surface area contributed by atoms with E-state index in [1.54, 1.807) is 0 Å². The highest BCUT2D eigenvalue weighted by Crippen LogP contribution is 2.25. The van der Waals surface area contributed by atoms with Crippen LogP contribution in [0.5, 0.6) is 0 Å². The lowest BCUT2D eigenvalue weighted by atomic mass is 9.92. The van der Waals surface area contributed by atoms with Crippen molar-refractivity contribution in [2.45, 2.75) is 13.0 Å². The lowest BCUT2D eigenvalue weighted by Gasteiger charge is -2.18. The molecule has 0 unspecified atom stereocenters. The maximum absolute atomic E-state index is 11.9. The smallest absolute Gasteiger partial charge is 0.410 e. The van der Waals surface area contributed by atoms with Crippen LogP contribution in [0.15, 0.2) is 30.3 Å². The monoisotopic (exact) mass is 307 g/mol. The van der Waals surface area contributed by atoms with Gasteiger partial charge in [-0.3, -0.25) is 9.59 Å². The third kappa shape index (κ3) is 3.75. The van der Waals surface area contributed by atoms with Gasteiger partial charge < -0.3 is 19.8 Å². The molecule has 2 rings (SSSR count). The zero-order chi connectivity index (χ0) is 16.1. The molecule has 1 aliphatic rings. The Morgan fingerprint density at radius 2 is 1.82 bits per heavy atom.